The summed E-state index contributed by atoms with van der Waals surface area (Å²) < 4.78 is 44.3. The highest BCUT2D eigenvalue weighted by Crippen LogP contribution is 2.33. The molecule has 0 aliphatic rings. The second-order valence-electron chi connectivity index (χ2n) is 5.85. The van der Waals surface area contributed by atoms with Crippen LogP contribution in [-0.2, 0) is 17.4 Å². The van der Waals surface area contributed by atoms with Gasteiger partial charge in [0.05, 0.1) is 22.6 Å². The number of hydrogen-bond donors (Lipinski definition) is 2. The van der Waals surface area contributed by atoms with Crippen LogP contribution in [-0.4, -0.2) is 29.0 Å². The molecule has 0 aromatic carbocycles. The number of oxazole rings is 1. The van der Waals surface area contributed by atoms with Crippen molar-refractivity contribution in [3.05, 3.63) is 52.9 Å². The van der Waals surface area contributed by atoms with Crippen LogP contribution in [0.15, 0.2) is 40.3 Å². The van der Waals surface area contributed by atoms with E-state index >= 15 is 0 Å². The third-order valence-corrected chi connectivity index (χ3v) is 4.66. The minimum Gasteiger partial charge on any atom is -0.440 e. The Morgan fingerprint density at radius 3 is 2.79 bits per heavy atom. The molecular formula is C18H17F3N4O2S. The second-order valence-corrected chi connectivity index (χ2v) is 6.80. The number of pyridine rings is 1. The van der Waals surface area contributed by atoms with Gasteiger partial charge in [-0.25, -0.2) is 9.97 Å². The minimum absolute atomic E-state index is 0.0259. The minimum atomic E-state index is -4.50. The molecule has 0 saturated carbocycles. The lowest BCUT2D eigenvalue weighted by atomic mass is 10.2. The molecule has 1 amide bonds. The first-order valence-corrected chi connectivity index (χ1v) is 9.25. The Balaban J connectivity index is 1.50. The van der Waals surface area contributed by atoms with Crippen molar-refractivity contribution >= 4 is 23.1 Å². The lowest BCUT2D eigenvalue weighted by molar-refractivity contribution is -0.137. The molecule has 3 aromatic rings. The molecule has 0 fully saturated rings. The van der Waals surface area contributed by atoms with E-state index in [1.54, 1.807) is 6.92 Å². The molecule has 10 heteroatoms. The fraction of sp³-hybridized carbons (Fsp3) is 0.278. The quantitative estimate of drug-likeness (QED) is 0.578. The van der Waals surface area contributed by atoms with E-state index in [4.69, 9.17) is 4.42 Å². The van der Waals surface area contributed by atoms with Gasteiger partial charge in [0.15, 0.2) is 0 Å². The van der Waals surface area contributed by atoms with Crippen LogP contribution in [0.25, 0.3) is 10.8 Å². The molecule has 0 atom stereocenters. The average Bonchev–Trinajstić information content (AvgIpc) is 3.29. The third kappa shape index (κ3) is 4.89. The average molecular weight is 410 g/mol. The summed E-state index contributed by atoms with van der Waals surface area (Å²) in [6.45, 7) is 1.97. The zero-order valence-electron chi connectivity index (χ0n) is 14.8. The number of anilines is 1. The van der Waals surface area contributed by atoms with Crippen molar-refractivity contribution in [3.8, 4) is 10.8 Å². The van der Waals surface area contributed by atoms with Crippen LogP contribution in [0.5, 0.6) is 0 Å². The summed E-state index contributed by atoms with van der Waals surface area (Å²) in [5.74, 6) is 0.456. The van der Waals surface area contributed by atoms with Crippen molar-refractivity contribution in [3.63, 3.8) is 0 Å². The van der Waals surface area contributed by atoms with Gasteiger partial charge in [0, 0.05) is 19.3 Å². The van der Waals surface area contributed by atoms with Gasteiger partial charge >= 0.3 is 6.18 Å². The van der Waals surface area contributed by atoms with E-state index in [1.807, 2.05) is 17.5 Å². The number of alkyl halides is 3. The van der Waals surface area contributed by atoms with Crippen LogP contribution in [0.3, 0.4) is 0 Å². The fourth-order valence-electron chi connectivity index (χ4n) is 2.47. The van der Waals surface area contributed by atoms with Crippen LogP contribution < -0.4 is 10.6 Å². The van der Waals surface area contributed by atoms with E-state index in [9.17, 15) is 18.0 Å². The highest BCUT2D eigenvalue weighted by Gasteiger charge is 2.33. The van der Waals surface area contributed by atoms with E-state index in [0.717, 1.165) is 10.9 Å². The number of hydrogen-bond acceptors (Lipinski definition) is 6. The Hall–Kier alpha value is -2.88. The summed E-state index contributed by atoms with van der Waals surface area (Å²) in [6, 6.07) is 5.93. The number of amides is 1. The van der Waals surface area contributed by atoms with Crippen LogP contribution in [0.2, 0.25) is 0 Å². The smallest absolute Gasteiger partial charge is 0.419 e. The predicted octanol–water partition coefficient (Wildman–Crippen LogP) is 3.90. The molecule has 148 valence electrons. The number of aromatic nitrogens is 2. The van der Waals surface area contributed by atoms with Gasteiger partial charge in [0.1, 0.15) is 11.6 Å². The van der Waals surface area contributed by atoms with Gasteiger partial charge in [0.25, 0.3) is 0 Å². The van der Waals surface area contributed by atoms with E-state index in [2.05, 4.69) is 20.6 Å². The number of aryl methyl sites for hydroxylation is 1. The monoisotopic (exact) mass is 410 g/mol. The molecule has 6 nitrogen and oxygen atoms in total. The molecule has 0 aliphatic carbocycles. The van der Waals surface area contributed by atoms with Crippen LogP contribution >= 0.6 is 11.3 Å². The standard InChI is InChI=1S/C18H17F3N4O2S/c1-11-13(25-17(27-11)14-5-3-9-28-14)10-15(26)22-7-8-24-16-12(18(19,20)21)4-2-6-23-16/h2-6,9H,7-8,10H2,1H3,(H,22,26)(H,23,24). The maximum absolute atomic E-state index is 12.9. The summed E-state index contributed by atoms with van der Waals surface area (Å²) in [5.41, 5.74) is -0.321. The Bertz CT molecular complexity index is 939. The number of nitrogens with zero attached hydrogens (tertiary/aromatic N) is 2. The molecule has 0 unspecified atom stereocenters. The zero-order chi connectivity index (χ0) is 20.1. The topological polar surface area (TPSA) is 80.0 Å². The summed E-state index contributed by atoms with van der Waals surface area (Å²) in [7, 11) is 0. The summed E-state index contributed by atoms with van der Waals surface area (Å²) >= 11 is 1.48. The van der Waals surface area contributed by atoms with Gasteiger partial charge in [-0.2, -0.15) is 13.2 Å². The number of carbonyl (C=O) groups excluding carboxylic acids is 1. The number of carbonyl (C=O) groups is 1. The molecule has 3 rings (SSSR count). The molecule has 0 aliphatic heterocycles. The van der Waals surface area contributed by atoms with Crippen molar-refractivity contribution in [2.75, 3.05) is 18.4 Å². The number of nitrogens with one attached hydrogen (secondary N) is 2. The Labute approximate surface area is 162 Å². The second kappa shape index (κ2) is 8.42. The SMILES string of the molecule is Cc1oc(-c2cccs2)nc1CC(=O)NCCNc1ncccc1C(F)(F)F. The Morgan fingerprint density at radius 1 is 1.25 bits per heavy atom. The van der Waals surface area contributed by atoms with Gasteiger partial charge in [-0.3, -0.25) is 4.79 Å². The van der Waals surface area contributed by atoms with Crippen molar-refractivity contribution in [1.29, 1.82) is 0 Å². The number of halogens is 3. The van der Waals surface area contributed by atoms with Crippen LogP contribution in [0.1, 0.15) is 17.0 Å². The predicted molar refractivity (Wildman–Crippen MR) is 99.0 cm³/mol. The molecule has 0 saturated heterocycles. The van der Waals surface area contributed by atoms with Crippen LogP contribution in [0, 0.1) is 6.92 Å². The number of thiophene rings is 1. The normalized spacial score (nSPS) is 11.4. The first kappa shape index (κ1) is 19.9. The van der Waals surface area contributed by atoms with Gasteiger partial charge in [0.2, 0.25) is 11.8 Å². The van der Waals surface area contributed by atoms with Gasteiger partial charge < -0.3 is 15.1 Å². The largest absolute Gasteiger partial charge is 0.440 e. The van der Waals surface area contributed by atoms with Crippen LogP contribution in [0.4, 0.5) is 19.0 Å². The summed E-state index contributed by atoms with van der Waals surface area (Å²) in [4.78, 5) is 21.0. The highest BCUT2D eigenvalue weighted by atomic mass is 32.1. The maximum atomic E-state index is 12.9. The van der Waals surface area contributed by atoms with E-state index in [0.29, 0.717) is 17.3 Å². The van der Waals surface area contributed by atoms with Crippen molar-refractivity contribution in [2.45, 2.75) is 19.5 Å². The molecule has 3 heterocycles. The third-order valence-electron chi connectivity index (χ3n) is 3.81. The van der Waals surface area contributed by atoms with Crippen molar-refractivity contribution < 1.29 is 22.4 Å². The zero-order valence-corrected chi connectivity index (χ0v) is 15.7. The molecule has 0 spiro atoms. The Morgan fingerprint density at radius 2 is 2.07 bits per heavy atom. The fourth-order valence-corrected chi connectivity index (χ4v) is 3.12. The first-order chi connectivity index (χ1) is 13.3. The molecule has 2 N–H and O–H groups in total. The molecule has 3 aromatic heterocycles. The molecule has 0 radical (unpaired) electrons. The number of rotatable bonds is 7. The highest BCUT2D eigenvalue weighted by molar-refractivity contribution is 7.13. The van der Waals surface area contributed by atoms with Gasteiger partial charge in [-0.05, 0) is 30.5 Å². The van der Waals surface area contributed by atoms with Gasteiger partial charge in [-0.15, -0.1) is 11.3 Å². The van der Waals surface area contributed by atoms with E-state index < -0.39 is 11.7 Å². The first-order valence-electron chi connectivity index (χ1n) is 8.37. The lowest BCUT2D eigenvalue weighted by Gasteiger charge is -2.13. The summed E-state index contributed by atoms with van der Waals surface area (Å²) in [6.07, 6.45) is -3.20. The van der Waals surface area contributed by atoms with Crippen molar-refractivity contribution in [1.82, 2.24) is 15.3 Å². The Kier molecular flexibility index (Phi) is 5.98. The van der Waals surface area contributed by atoms with Gasteiger partial charge in [-0.1, -0.05) is 6.07 Å². The molecular weight excluding hydrogens is 393 g/mol. The lowest BCUT2D eigenvalue weighted by Crippen LogP contribution is -2.30. The molecule has 28 heavy (non-hydrogen) atoms. The molecule has 0 bridgehead atoms. The van der Waals surface area contributed by atoms with E-state index in [-0.39, 0.29) is 31.2 Å². The summed E-state index contributed by atoms with van der Waals surface area (Å²) in [5, 5.41) is 7.14. The van der Waals surface area contributed by atoms with E-state index in [1.165, 1.54) is 23.6 Å². The maximum Gasteiger partial charge on any atom is 0.419 e. The van der Waals surface area contributed by atoms with Crippen molar-refractivity contribution in [2.24, 2.45) is 0 Å².